The van der Waals surface area contributed by atoms with Gasteiger partial charge in [-0.2, -0.15) is 0 Å². The average Bonchev–Trinajstić information content (AvgIpc) is 3.09. The van der Waals surface area contributed by atoms with E-state index in [1.165, 1.54) is 30.5 Å². The molecule has 1 fully saturated rings. The molecule has 2 aromatic carbocycles. The Balaban J connectivity index is 1.61. The van der Waals surface area contributed by atoms with Gasteiger partial charge in [-0.3, -0.25) is 4.90 Å². The first-order valence-electron chi connectivity index (χ1n) is 17.5. The number of likely N-dealkylation sites (N-methyl/N-ethyl adjacent to an activating group) is 1. The number of unbranched alkanes of at least 4 members (excludes halogenated alkanes) is 2. The summed E-state index contributed by atoms with van der Waals surface area (Å²) in [4.78, 5) is 4.79. The zero-order chi connectivity index (χ0) is 32.7. The van der Waals surface area contributed by atoms with Crippen LogP contribution in [0.15, 0.2) is 47.4 Å². The van der Waals surface area contributed by atoms with Crippen LogP contribution in [0.5, 0.6) is 5.75 Å². The molecular weight excluding hydrogens is 582 g/mol. The van der Waals surface area contributed by atoms with E-state index >= 15 is 0 Å². The molecule has 2 heterocycles. The number of sulfone groups is 1. The van der Waals surface area contributed by atoms with Gasteiger partial charge in [0.05, 0.1) is 49.5 Å². The van der Waals surface area contributed by atoms with Crippen molar-refractivity contribution in [1.82, 2.24) is 4.90 Å². The van der Waals surface area contributed by atoms with Crippen molar-refractivity contribution in [3.63, 3.8) is 0 Å². The maximum absolute atomic E-state index is 14.1. The second kappa shape index (κ2) is 15.6. The van der Waals surface area contributed by atoms with Crippen LogP contribution in [-0.4, -0.2) is 102 Å². The summed E-state index contributed by atoms with van der Waals surface area (Å²) >= 11 is 0. The maximum Gasteiger partial charge on any atom is 0.179 e. The smallest absolute Gasteiger partial charge is 0.179 e. The highest BCUT2D eigenvalue weighted by atomic mass is 32.2. The lowest BCUT2D eigenvalue weighted by Gasteiger charge is -2.44. The third kappa shape index (κ3) is 8.43. The predicted molar refractivity (Wildman–Crippen MR) is 186 cm³/mol. The van der Waals surface area contributed by atoms with E-state index in [1.54, 1.807) is 6.07 Å². The molecular formula is C37H60N3O4S+. The molecule has 0 radical (unpaired) electrons. The van der Waals surface area contributed by atoms with Crippen molar-refractivity contribution < 1.29 is 22.7 Å². The zero-order valence-corrected chi connectivity index (χ0v) is 29.7. The van der Waals surface area contributed by atoms with Gasteiger partial charge in [0, 0.05) is 50.6 Å². The molecule has 0 unspecified atom stereocenters. The normalized spacial score (nSPS) is 22.4. The highest BCUT2D eigenvalue weighted by Crippen LogP contribution is 2.50. The molecule has 0 aliphatic carbocycles. The summed E-state index contributed by atoms with van der Waals surface area (Å²) in [5.41, 5.74) is 1.86. The summed E-state index contributed by atoms with van der Waals surface area (Å²) in [7, 11) is 2.53. The molecule has 0 spiro atoms. The lowest BCUT2D eigenvalue weighted by molar-refractivity contribution is -0.932. The number of fused-ring (bicyclic) bond motifs is 1. The van der Waals surface area contributed by atoms with Crippen molar-refractivity contribution in [3.05, 3.63) is 53.6 Å². The first kappa shape index (κ1) is 35.7. The molecule has 7 nitrogen and oxygen atoms in total. The highest BCUT2D eigenvalue weighted by Gasteiger charge is 2.49. The minimum Gasteiger partial charge on any atom is -0.493 e. The van der Waals surface area contributed by atoms with E-state index < -0.39 is 27.3 Å². The number of piperazine rings is 1. The number of nitrogens with zero attached hydrogens (tertiary/aromatic N) is 3. The van der Waals surface area contributed by atoms with Crippen LogP contribution in [0.4, 0.5) is 5.69 Å². The first-order chi connectivity index (χ1) is 21.5. The van der Waals surface area contributed by atoms with Gasteiger partial charge in [0.25, 0.3) is 0 Å². The third-order valence-electron chi connectivity index (χ3n) is 10.6. The van der Waals surface area contributed by atoms with Gasteiger partial charge < -0.3 is 19.2 Å². The Morgan fingerprint density at radius 1 is 0.933 bits per heavy atom. The van der Waals surface area contributed by atoms with Gasteiger partial charge in [0.15, 0.2) is 9.84 Å². The molecule has 0 bridgehead atoms. The Labute approximate surface area is 274 Å². The van der Waals surface area contributed by atoms with E-state index in [1.807, 2.05) is 55.4 Å². The number of ether oxygens (including phenoxy) is 1. The number of aliphatic hydroxyl groups is 1. The van der Waals surface area contributed by atoms with Crippen LogP contribution in [0.3, 0.4) is 0 Å². The van der Waals surface area contributed by atoms with E-state index in [2.05, 4.69) is 32.7 Å². The minimum atomic E-state index is -3.62. The number of anilines is 1. The molecule has 2 aliphatic rings. The minimum absolute atomic E-state index is 0.0124. The van der Waals surface area contributed by atoms with Gasteiger partial charge >= 0.3 is 0 Å². The molecule has 1 saturated heterocycles. The molecule has 4 rings (SSSR count). The Morgan fingerprint density at radius 2 is 1.58 bits per heavy atom. The van der Waals surface area contributed by atoms with Crippen LogP contribution in [0.1, 0.15) is 89.2 Å². The van der Waals surface area contributed by atoms with E-state index in [0.717, 1.165) is 68.7 Å². The summed E-state index contributed by atoms with van der Waals surface area (Å²) < 4.78 is 35.6. The molecule has 2 atom stereocenters. The molecule has 2 aliphatic heterocycles. The zero-order valence-electron chi connectivity index (χ0n) is 28.9. The van der Waals surface area contributed by atoms with Crippen LogP contribution >= 0.6 is 0 Å². The number of hydrogen-bond acceptors (Lipinski definition) is 6. The summed E-state index contributed by atoms with van der Waals surface area (Å²) in [6.45, 7) is 14.4. The lowest BCUT2D eigenvalue weighted by atomic mass is 9.68. The Bertz CT molecular complexity index is 1310. The highest BCUT2D eigenvalue weighted by molar-refractivity contribution is 7.91. The average molecular weight is 643 g/mol. The van der Waals surface area contributed by atoms with Crippen LogP contribution in [-0.2, 0) is 9.84 Å². The van der Waals surface area contributed by atoms with Crippen LogP contribution < -0.4 is 9.64 Å². The fraction of sp³-hybridized carbons (Fsp3) is 0.676. The van der Waals surface area contributed by atoms with Crippen molar-refractivity contribution in [1.29, 1.82) is 0 Å². The van der Waals surface area contributed by atoms with E-state index in [4.69, 9.17) is 4.74 Å². The number of hydrogen-bond donors (Lipinski definition) is 1. The molecule has 0 saturated carbocycles. The second-order valence-electron chi connectivity index (χ2n) is 14.2. The standard InChI is InChI=1S/C37H60N3O4S/c1-7-10-19-37(20-11-8-2)29-45(42,43)34-18-15-31(38(4)5)28-33(34)35(36(37)41)30-13-16-32(17-14-30)44-27-12-24-40(23-9-3)25-21-39(6)22-26-40/h13-18,28,35-36,41H,7-12,19-27,29H2,1-6H3/q+1/t35-,36-/m1/s1. The predicted octanol–water partition coefficient (Wildman–Crippen LogP) is 6.34. The largest absolute Gasteiger partial charge is 0.493 e. The van der Waals surface area contributed by atoms with Crippen LogP contribution in [0.2, 0.25) is 0 Å². The van der Waals surface area contributed by atoms with Crippen molar-refractivity contribution >= 4 is 15.5 Å². The number of benzene rings is 2. The SMILES string of the molecule is CCCCC1(CCCC)CS(=O)(=O)c2ccc(N(C)C)cc2[C@@H](c2ccc(OCCC[N+]3(CCC)CCN(C)CC3)cc2)[C@H]1O. The first-order valence-corrected chi connectivity index (χ1v) is 19.1. The van der Waals surface area contributed by atoms with Crippen molar-refractivity contribution in [2.75, 3.05) is 77.7 Å². The number of quaternary nitrogens is 1. The van der Waals surface area contributed by atoms with Gasteiger partial charge in [-0.05, 0) is 67.8 Å². The quantitative estimate of drug-likeness (QED) is 0.181. The Kier molecular flexibility index (Phi) is 12.4. The summed E-state index contributed by atoms with van der Waals surface area (Å²) in [6.07, 6.45) is 6.51. The molecule has 0 amide bonds. The van der Waals surface area contributed by atoms with E-state index in [9.17, 15) is 13.5 Å². The van der Waals surface area contributed by atoms with Crippen molar-refractivity contribution in [3.8, 4) is 5.75 Å². The lowest BCUT2D eigenvalue weighted by Crippen LogP contribution is -2.59. The molecule has 45 heavy (non-hydrogen) atoms. The van der Waals surface area contributed by atoms with E-state index in [0.29, 0.717) is 29.9 Å². The fourth-order valence-corrected chi connectivity index (χ4v) is 9.97. The summed E-state index contributed by atoms with van der Waals surface area (Å²) in [5.74, 6) is 0.359. The molecule has 8 heteroatoms. The maximum atomic E-state index is 14.1. The second-order valence-corrected chi connectivity index (χ2v) is 16.1. The monoisotopic (exact) mass is 642 g/mol. The molecule has 0 aromatic heterocycles. The van der Waals surface area contributed by atoms with Gasteiger partial charge in [0.1, 0.15) is 5.75 Å². The van der Waals surface area contributed by atoms with Crippen molar-refractivity contribution in [2.24, 2.45) is 5.41 Å². The summed E-state index contributed by atoms with van der Waals surface area (Å²) in [5, 5.41) is 12.4. The molecule has 252 valence electrons. The van der Waals surface area contributed by atoms with Gasteiger partial charge in [-0.15, -0.1) is 0 Å². The van der Waals surface area contributed by atoms with Crippen molar-refractivity contribution in [2.45, 2.75) is 89.1 Å². The van der Waals surface area contributed by atoms with Crippen LogP contribution in [0, 0.1) is 5.41 Å². The molecule has 2 aromatic rings. The van der Waals surface area contributed by atoms with Gasteiger partial charge in [-0.25, -0.2) is 8.42 Å². The Hall–Kier alpha value is -2.13. The van der Waals surface area contributed by atoms with Crippen LogP contribution in [0.25, 0.3) is 0 Å². The van der Waals surface area contributed by atoms with Gasteiger partial charge in [-0.1, -0.05) is 58.6 Å². The van der Waals surface area contributed by atoms with E-state index in [-0.39, 0.29) is 5.75 Å². The number of rotatable bonds is 15. The molecule has 1 N–H and O–H groups in total. The van der Waals surface area contributed by atoms with Gasteiger partial charge in [0.2, 0.25) is 0 Å². The number of aliphatic hydroxyl groups excluding tert-OH is 1. The topological polar surface area (TPSA) is 70.1 Å². The summed E-state index contributed by atoms with van der Waals surface area (Å²) in [6, 6.07) is 13.7. The fourth-order valence-electron chi connectivity index (χ4n) is 7.77. The Morgan fingerprint density at radius 3 is 2.16 bits per heavy atom. The third-order valence-corrected chi connectivity index (χ3v) is 12.5.